The second-order valence-electron chi connectivity index (χ2n) is 10.9. The number of rotatable bonds is 2. The minimum absolute atomic E-state index is 0.0625. The Balaban J connectivity index is 1.68. The monoisotopic (exact) mass is 394 g/mol. The van der Waals surface area contributed by atoms with Crippen LogP contribution in [0.15, 0.2) is 8.83 Å². The predicted molar refractivity (Wildman–Crippen MR) is 118 cm³/mol. The minimum Gasteiger partial charge on any atom is -0.464 e. The van der Waals surface area contributed by atoms with Crippen molar-refractivity contribution in [2.24, 2.45) is 17.8 Å². The van der Waals surface area contributed by atoms with Gasteiger partial charge in [-0.05, 0) is 92.4 Å². The lowest BCUT2D eigenvalue weighted by Gasteiger charge is -2.38. The highest BCUT2D eigenvalue weighted by atomic mass is 16.4. The average Bonchev–Trinajstić information content (AvgIpc) is 3.19. The Morgan fingerprint density at radius 1 is 0.724 bits per heavy atom. The molecule has 0 aromatic carbocycles. The summed E-state index contributed by atoms with van der Waals surface area (Å²) in [5.41, 5.74) is 5.83. The van der Waals surface area contributed by atoms with E-state index in [1.54, 1.807) is 0 Å². The zero-order valence-corrected chi connectivity index (χ0v) is 19.1. The van der Waals surface area contributed by atoms with E-state index < -0.39 is 0 Å². The van der Waals surface area contributed by atoms with E-state index in [1.807, 2.05) is 0 Å². The third-order valence-electron chi connectivity index (χ3n) is 8.42. The van der Waals surface area contributed by atoms with E-state index >= 15 is 0 Å². The molecule has 2 heteroatoms. The fourth-order valence-corrected chi connectivity index (χ4v) is 6.80. The van der Waals surface area contributed by atoms with Crippen LogP contribution >= 0.6 is 0 Å². The molecule has 29 heavy (non-hydrogen) atoms. The maximum atomic E-state index is 6.80. The maximum absolute atomic E-state index is 6.80. The van der Waals surface area contributed by atoms with Gasteiger partial charge in [0.25, 0.3) is 0 Å². The molecular weight excluding hydrogens is 356 g/mol. The molecule has 2 heterocycles. The lowest BCUT2D eigenvalue weighted by molar-refractivity contribution is 0.196. The molecule has 0 radical (unpaired) electrons. The molecule has 158 valence electrons. The van der Waals surface area contributed by atoms with E-state index in [4.69, 9.17) is 8.83 Å². The highest BCUT2D eigenvalue weighted by Crippen LogP contribution is 2.52. The Bertz CT molecular complexity index is 847. The van der Waals surface area contributed by atoms with Crippen molar-refractivity contribution in [2.45, 2.75) is 104 Å². The van der Waals surface area contributed by atoms with E-state index in [-0.39, 0.29) is 5.41 Å². The molecule has 2 aromatic rings. The third-order valence-corrected chi connectivity index (χ3v) is 8.42. The van der Waals surface area contributed by atoms with Crippen molar-refractivity contribution in [1.82, 2.24) is 0 Å². The van der Waals surface area contributed by atoms with Crippen LogP contribution in [0.3, 0.4) is 0 Å². The second kappa shape index (κ2) is 7.06. The van der Waals surface area contributed by atoms with Crippen molar-refractivity contribution in [3.8, 4) is 0 Å². The zero-order valence-electron chi connectivity index (χ0n) is 19.1. The van der Waals surface area contributed by atoms with Crippen LogP contribution in [-0.2, 0) is 31.1 Å². The van der Waals surface area contributed by atoms with Gasteiger partial charge in [0.2, 0.25) is 0 Å². The highest BCUT2D eigenvalue weighted by Gasteiger charge is 2.47. The fourth-order valence-electron chi connectivity index (χ4n) is 6.80. The van der Waals surface area contributed by atoms with Gasteiger partial charge in [-0.2, -0.15) is 0 Å². The van der Waals surface area contributed by atoms with Gasteiger partial charge in [0.1, 0.15) is 23.0 Å². The molecule has 3 aliphatic carbocycles. The molecule has 0 aliphatic heterocycles. The number of fused-ring (bicyclic) bond motifs is 2. The molecule has 1 saturated carbocycles. The minimum atomic E-state index is -0.0625. The molecule has 0 unspecified atom stereocenters. The van der Waals surface area contributed by atoms with Crippen LogP contribution in [0.4, 0.5) is 0 Å². The average molecular weight is 395 g/mol. The van der Waals surface area contributed by atoms with E-state index in [0.29, 0.717) is 5.92 Å². The smallest absolute Gasteiger partial charge is 0.121 e. The van der Waals surface area contributed by atoms with Gasteiger partial charge in [0.15, 0.2) is 0 Å². The number of furan rings is 2. The van der Waals surface area contributed by atoms with Gasteiger partial charge >= 0.3 is 0 Å². The molecular formula is C27H38O2. The second-order valence-corrected chi connectivity index (χ2v) is 10.9. The van der Waals surface area contributed by atoms with Gasteiger partial charge in [-0.1, -0.05) is 33.6 Å². The van der Waals surface area contributed by atoms with Gasteiger partial charge in [-0.3, -0.25) is 0 Å². The summed E-state index contributed by atoms with van der Waals surface area (Å²) < 4.78 is 13.6. The lowest BCUT2D eigenvalue weighted by atomic mass is 9.65. The third kappa shape index (κ3) is 3.04. The first-order chi connectivity index (χ1) is 13.9. The van der Waals surface area contributed by atoms with Crippen molar-refractivity contribution in [3.05, 3.63) is 45.3 Å². The normalized spacial score (nSPS) is 28.8. The summed E-state index contributed by atoms with van der Waals surface area (Å²) in [5.74, 6) is 7.25. The van der Waals surface area contributed by atoms with Crippen LogP contribution in [0.25, 0.3) is 0 Å². The Hall–Kier alpha value is -1.44. The standard InChI is InChI=1S/C27H38O2/c1-16-8-10-21-19(4)25(28-23(21)13-16)27(12-6-7-18(3)15-27)26-20(5)22-11-9-17(2)14-24(22)29-26/h16-18H,6-15H2,1-5H3/t16-,17-,18-/m1/s1. The van der Waals surface area contributed by atoms with Crippen LogP contribution in [0.2, 0.25) is 0 Å². The van der Waals surface area contributed by atoms with E-state index in [2.05, 4.69) is 34.6 Å². The van der Waals surface area contributed by atoms with Crippen LogP contribution in [0.5, 0.6) is 0 Å². The molecule has 2 nitrogen and oxygen atoms in total. The highest BCUT2D eigenvalue weighted by molar-refractivity contribution is 5.47. The molecule has 0 saturated heterocycles. The molecule has 0 N–H and O–H groups in total. The van der Waals surface area contributed by atoms with E-state index in [9.17, 15) is 0 Å². The van der Waals surface area contributed by atoms with Gasteiger partial charge in [0, 0.05) is 12.8 Å². The first-order valence-corrected chi connectivity index (χ1v) is 12.1. The lowest BCUT2D eigenvalue weighted by Crippen LogP contribution is -2.34. The van der Waals surface area contributed by atoms with Crippen LogP contribution in [0.1, 0.15) is 105 Å². The molecule has 0 bridgehead atoms. The molecule has 2 aromatic heterocycles. The predicted octanol–water partition coefficient (Wildman–Crippen LogP) is 7.24. The van der Waals surface area contributed by atoms with Crippen LogP contribution in [-0.4, -0.2) is 0 Å². The van der Waals surface area contributed by atoms with E-state index in [1.165, 1.54) is 96.7 Å². The molecule has 1 fully saturated rings. The molecule has 3 aliphatic rings. The molecule has 5 rings (SSSR count). The molecule has 0 spiro atoms. The SMILES string of the molecule is Cc1c(C2(c3oc4c(c3C)CC[C@@H](C)C4)CCC[C@@H](C)C2)oc2c1CC[C@@H](C)C2. The van der Waals surface area contributed by atoms with Crippen molar-refractivity contribution in [2.75, 3.05) is 0 Å². The van der Waals surface area contributed by atoms with Gasteiger partial charge in [-0.25, -0.2) is 0 Å². The van der Waals surface area contributed by atoms with Crippen molar-refractivity contribution in [3.63, 3.8) is 0 Å². The zero-order chi connectivity index (χ0) is 20.3. The molecule has 0 amide bonds. The Morgan fingerprint density at radius 3 is 1.72 bits per heavy atom. The topological polar surface area (TPSA) is 26.3 Å². The summed E-state index contributed by atoms with van der Waals surface area (Å²) >= 11 is 0. The Labute approximate surface area is 176 Å². The Kier molecular flexibility index (Phi) is 4.76. The van der Waals surface area contributed by atoms with E-state index in [0.717, 1.165) is 24.7 Å². The first kappa shape index (κ1) is 19.5. The quantitative estimate of drug-likeness (QED) is 0.537. The van der Waals surface area contributed by atoms with Gasteiger partial charge in [-0.15, -0.1) is 0 Å². The van der Waals surface area contributed by atoms with Crippen molar-refractivity contribution < 1.29 is 8.83 Å². The first-order valence-electron chi connectivity index (χ1n) is 12.1. The van der Waals surface area contributed by atoms with Crippen LogP contribution in [0, 0.1) is 31.6 Å². The summed E-state index contributed by atoms with van der Waals surface area (Å²) in [6.45, 7) is 11.8. The molecule has 3 atom stereocenters. The summed E-state index contributed by atoms with van der Waals surface area (Å²) in [6, 6.07) is 0. The summed E-state index contributed by atoms with van der Waals surface area (Å²) in [5, 5.41) is 0. The largest absolute Gasteiger partial charge is 0.464 e. The fraction of sp³-hybridized carbons (Fsp3) is 0.704. The van der Waals surface area contributed by atoms with Crippen LogP contribution < -0.4 is 0 Å². The van der Waals surface area contributed by atoms with Gasteiger partial charge in [0.05, 0.1) is 5.41 Å². The Morgan fingerprint density at radius 2 is 1.24 bits per heavy atom. The summed E-state index contributed by atoms with van der Waals surface area (Å²) in [4.78, 5) is 0. The summed E-state index contributed by atoms with van der Waals surface area (Å²) in [6.07, 6.45) is 12.1. The maximum Gasteiger partial charge on any atom is 0.121 e. The van der Waals surface area contributed by atoms with Gasteiger partial charge < -0.3 is 8.83 Å². The summed E-state index contributed by atoms with van der Waals surface area (Å²) in [7, 11) is 0. The number of hydrogen-bond donors (Lipinski definition) is 0. The van der Waals surface area contributed by atoms with Crippen molar-refractivity contribution in [1.29, 1.82) is 0 Å². The number of hydrogen-bond acceptors (Lipinski definition) is 2. The van der Waals surface area contributed by atoms with Crippen molar-refractivity contribution >= 4 is 0 Å².